The quantitative estimate of drug-likeness (QED) is 0.669. The van der Waals surface area contributed by atoms with Gasteiger partial charge >= 0.3 is 5.97 Å². The van der Waals surface area contributed by atoms with Crippen molar-refractivity contribution >= 4 is 52.4 Å². The van der Waals surface area contributed by atoms with E-state index < -0.39 is 18.5 Å². The monoisotopic (exact) mass is 359 g/mol. The molecule has 0 aromatic carbocycles. The van der Waals surface area contributed by atoms with Crippen LogP contribution >= 0.6 is 34.8 Å². The molecule has 2 aromatic heterocycles. The van der Waals surface area contributed by atoms with Crippen LogP contribution in [0.15, 0.2) is 30.5 Å². The van der Waals surface area contributed by atoms with Crippen LogP contribution in [-0.4, -0.2) is 28.5 Å². The van der Waals surface area contributed by atoms with Gasteiger partial charge in [-0.15, -0.1) is 0 Å². The molecule has 0 aliphatic carbocycles. The first kappa shape index (κ1) is 16.5. The van der Waals surface area contributed by atoms with Crippen LogP contribution in [0.3, 0.4) is 0 Å². The maximum atomic E-state index is 11.8. The summed E-state index contributed by atoms with van der Waals surface area (Å²) in [4.78, 5) is 31.0. The highest BCUT2D eigenvalue weighted by molar-refractivity contribution is 6.34. The molecule has 0 bridgehead atoms. The van der Waals surface area contributed by atoms with Gasteiger partial charge in [0.2, 0.25) is 0 Å². The molecule has 0 fully saturated rings. The molecule has 2 rings (SSSR count). The first-order valence-electron chi connectivity index (χ1n) is 5.87. The summed E-state index contributed by atoms with van der Waals surface area (Å²) in [5.74, 6) is -1.44. The highest BCUT2D eigenvalue weighted by atomic mass is 35.5. The maximum absolute atomic E-state index is 11.8. The molecule has 0 radical (unpaired) electrons. The fraction of sp³-hybridized carbons (Fsp3) is 0.0769. The van der Waals surface area contributed by atoms with Crippen molar-refractivity contribution < 1.29 is 14.3 Å². The first-order valence-corrected chi connectivity index (χ1v) is 7.00. The number of aromatic nitrogens is 2. The van der Waals surface area contributed by atoms with E-state index in [-0.39, 0.29) is 21.0 Å². The van der Waals surface area contributed by atoms with Crippen LogP contribution in [0, 0.1) is 0 Å². The number of hydrogen-bond donors (Lipinski definition) is 1. The molecule has 114 valence electrons. The molecule has 0 saturated carbocycles. The van der Waals surface area contributed by atoms with Gasteiger partial charge in [0.15, 0.2) is 17.5 Å². The number of carbonyl (C=O) groups excluding carboxylic acids is 2. The predicted molar refractivity (Wildman–Crippen MR) is 82.4 cm³/mol. The average molecular weight is 361 g/mol. The molecule has 2 aromatic rings. The summed E-state index contributed by atoms with van der Waals surface area (Å²) in [7, 11) is 0. The summed E-state index contributed by atoms with van der Waals surface area (Å²) in [6.45, 7) is -0.533. The Labute approximate surface area is 140 Å². The Morgan fingerprint density at radius 3 is 2.68 bits per heavy atom. The minimum absolute atomic E-state index is 0.0742. The van der Waals surface area contributed by atoms with Crippen molar-refractivity contribution in [1.82, 2.24) is 9.97 Å². The van der Waals surface area contributed by atoms with E-state index in [0.717, 1.165) is 0 Å². The third kappa shape index (κ3) is 4.30. The number of nitrogens with zero attached hydrogens (tertiary/aromatic N) is 2. The Bertz CT molecular complexity index is 725. The standard InChI is InChI=1S/C13H8Cl3N3O3/c14-7-3-4-9(15)19-11(7)13(21)22-6-10(20)18-8-2-1-5-17-12(8)16/h1-5H,6H2,(H,18,20). The molecule has 9 heteroatoms. The van der Waals surface area contributed by atoms with Gasteiger partial charge in [0.25, 0.3) is 5.91 Å². The zero-order valence-corrected chi connectivity index (χ0v) is 13.1. The van der Waals surface area contributed by atoms with E-state index in [4.69, 9.17) is 39.5 Å². The zero-order chi connectivity index (χ0) is 16.1. The van der Waals surface area contributed by atoms with Gasteiger partial charge in [-0.2, -0.15) is 0 Å². The van der Waals surface area contributed by atoms with Crippen molar-refractivity contribution in [1.29, 1.82) is 0 Å². The molecule has 0 atom stereocenters. The second-order valence-electron chi connectivity index (χ2n) is 3.93. The maximum Gasteiger partial charge on any atom is 0.359 e. The highest BCUT2D eigenvalue weighted by Crippen LogP contribution is 2.18. The molecule has 0 aliphatic rings. The lowest BCUT2D eigenvalue weighted by Crippen LogP contribution is -2.21. The van der Waals surface area contributed by atoms with Gasteiger partial charge in [-0.05, 0) is 24.3 Å². The van der Waals surface area contributed by atoms with Crippen LogP contribution in [0.25, 0.3) is 0 Å². The number of halogens is 3. The van der Waals surface area contributed by atoms with Crippen LogP contribution in [-0.2, 0) is 9.53 Å². The second-order valence-corrected chi connectivity index (χ2v) is 5.08. The zero-order valence-electron chi connectivity index (χ0n) is 10.8. The third-order valence-corrected chi connectivity index (χ3v) is 3.19. The van der Waals surface area contributed by atoms with Crippen molar-refractivity contribution in [2.45, 2.75) is 0 Å². The lowest BCUT2D eigenvalue weighted by molar-refractivity contribution is -0.119. The molecule has 22 heavy (non-hydrogen) atoms. The number of ether oxygens (including phenoxy) is 1. The number of esters is 1. The Morgan fingerprint density at radius 1 is 1.18 bits per heavy atom. The SMILES string of the molecule is O=C(COC(=O)c1nc(Cl)ccc1Cl)Nc1cccnc1Cl. The van der Waals surface area contributed by atoms with Crippen molar-refractivity contribution in [3.63, 3.8) is 0 Å². The lowest BCUT2D eigenvalue weighted by atomic mass is 10.3. The van der Waals surface area contributed by atoms with Gasteiger partial charge in [-0.25, -0.2) is 14.8 Å². The van der Waals surface area contributed by atoms with E-state index in [1.807, 2.05) is 0 Å². The molecule has 1 N–H and O–H groups in total. The molecule has 2 heterocycles. The number of anilines is 1. The van der Waals surface area contributed by atoms with Crippen molar-refractivity contribution in [2.75, 3.05) is 11.9 Å². The van der Waals surface area contributed by atoms with Crippen LogP contribution in [0.4, 0.5) is 5.69 Å². The number of nitrogens with one attached hydrogen (secondary N) is 1. The summed E-state index contributed by atoms with van der Waals surface area (Å²) in [6, 6.07) is 5.99. The predicted octanol–water partition coefficient (Wildman–Crippen LogP) is 3.23. The number of amides is 1. The first-order chi connectivity index (χ1) is 10.5. The third-order valence-electron chi connectivity index (χ3n) is 2.37. The van der Waals surface area contributed by atoms with E-state index in [0.29, 0.717) is 5.69 Å². The van der Waals surface area contributed by atoms with Crippen LogP contribution in [0.2, 0.25) is 15.3 Å². The molecule has 0 spiro atoms. The molecule has 0 aliphatic heterocycles. The summed E-state index contributed by atoms with van der Waals surface area (Å²) in [5.41, 5.74) is 0.144. The molecule has 1 amide bonds. The Hall–Kier alpha value is -1.89. The van der Waals surface area contributed by atoms with Crippen molar-refractivity contribution in [2.24, 2.45) is 0 Å². The summed E-state index contributed by atoms with van der Waals surface area (Å²) < 4.78 is 4.82. The van der Waals surface area contributed by atoms with Gasteiger partial charge in [-0.3, -0.25) is 4.79 Å². The van der Waals surface area contributed by atoms with E-state index in [1.54, 1.807) is 12.1 Å². The smallest absolute Gasteiger partial charge is 0.359 e. The largest absolute Gasteiger partial charge is 0.451 e. The minimum atomic E-state index is -0.861. The van der Waals surface area contributed by atoms with Gasteiger partial charge in [0.1, 0.15) is 5.15 Å². The normalized spacial score (nSPS) is 10.1. The second kappa shape index (κ2) is 7.40. The Morgan fingerprint density at radius 2 is 1.95 bits per heavy atom. The summed E-state index contributed by atoms with van der Waals surface area (Å²) in [6.07, 6.45) is 1.48. The van der Waals surface area contributed by atoms with E-state index in [2.05, 4.69) is 15.3 Å². The summed E-state index contributed by atoms with van der Waals surface area (Å²) >= 11 is 17.3. The average Bonchev–Trinajstić information content (AvgIpc) is 2.49. The molecule has 0 unspecified atom stereocenters. The fourth-order valence-corrected chi connectivity index (χ4v) is 1.92. The lowest BCUT2D eigenvalue weighted by Gasteiger charge is -2.07. The topological polar surface area (TPSA) is 81.2 Å². The number of rotatable bonds is 4. The van der Waals surface area contributed by atoms with Gasteiger partial charge in [0, 0.05) is 6.20 Å². The molecular formula is C13H8Cl3N3O3. The van der Waals surface area contributed by atoms with Crippen LogP contribution in [0.5, 0.6) is 0 Å². The molecular weight excluding hydrogens is 353 g/mol. The minimum Gasteiger partial charge on any atom is -0.451 e. The fourth-order valence-electron chi connectivity index (χ4n) is 1.43. The Kier molecular flexibility index (Phi) is 5.54. The summed E-state index contributed by atoms with van der Waals surface area (Å²) in [5, 5.41) is 2.74. The number of carbonyl (C=O) groups is 2. The van der Waals surface area contributed by atoms with Gasteiger partial charge in [0.05, 0.1) is 10.7 Å². The number of hydrogen-bond acceptors (Lipinski definition) is 5. The molecule has 6 nitrogen and oxygen atoms in total. The van der Waals surface area contributed by atoms with Crippen molar-refractivity contribution in [3.05, 3.63) is 51.5 Å². The van der Waals surface area contributed by atoms with E-state index in [1.165, 1.54) is 18.3 Å². The van der Waals surface area contributed by atoms with E-state index in [9.17, 15) is 9.59 Å². The molecule has 0 saturated heterocycles. The van der Waals surface area contributed by atoms with Crippen molar-refractivity contribution in [3.8, 4) is 0 Å². The van der Waals surface area contributed by atoms with Crippen LogP contribution in [0.1, 0.15) is 10.5 Å². The van der Waals surface area contributed by atoms with Gasteiger partial charge < -0.3 is 10.1 Å². The van der Waals surface area contributed by atoms with Gasteiger partial charge in [-0.1, -0.05) is 34.8 Å². The Balaban J connectivity index is 1.95. The highest BCUT2D eigenvalue weighted by Gasteiger charge is 2.16. The number of pyridine rings is 2. The van der Waals surface area contributed by atoms with Crippen LogP contribution < -0.4 is 5.32 Å². The van der Waals surface area contributed by atoms with E-state index >= 15 is 0 Å².